The van der Waals surface area contributed by atoms with Crippen LogP contribution in [0.25, 0.3) is 0 Å². The van der Waals surface area contributed by atoms with Crippen LogP contribution in [0.3, 0.4) is 0 Å². The Hall–Kier alpha value is -2.39. The van der Waals surface area contributed by atoms with Crippen molar-refractivity contribution in [1.82, 2.24) is 10.2 Å². The van der Waals surface area contributed by atoms with E-state index in [1.54, 1.807) is 0 Å². The van der Waals surface area contributed by atoms with E-state index in [4.69, 9.17) is 10.8 Å². The molecule has 0 bridgehead atoms. The molecule has 0 aliphatic carbocycles. The van der Waals surface area contributed by atoms with Crippen LogP contribution >= 0.6 is 0 Å². The normalized spacial score (nSPS) is 18.8. The number of rotatable bonds is 10. The van der Waals surface area contributed by atoms with Crippen LogP contribution in [0.2, 0.25) is 0 Å². The van der Waals surface area contributed by atoms with E-state index < -0.39 is 48.0 Å². The van der Waals surface area contributed by atoms with E-state index in [2.05, 4.69) is 5.32 Å². The number of ketones is 1. The molecule has 4 N–H and O–H groups in total. The van der Waals surface area contributed by atoms with Gasteiger partial charge in [0.15, 0.2) is 0 Å². The van der Waals surface area contributed by atoms with Crippen molar-refractivity contribution in [2.24, 2.45) is 17.6 Å². The lowest BCUT2D eigenvalue weighted by Gasteiger charge is -2.28. The van der Waals surface area contributed by atoms with E-state index in [9.17, 15) is 24.0 Å². The smallest absolute Gasteiger partial charge is 0.304 e. The molecule has 0 aromatic carbocycles. The number of hydrogen-bond acceptors (Lipinski definition) is 5. The minimum absolute atomic E-state index is 0.110. The number of Topliss-reactive ketones (excluding diaryl/α,β-unsaturated/α-hetero) is 1. The van der Waals surface area contributed by atoms with Crippen molar-refractivity contribution in [3.63, 3.8) is 0 Å². The Morgan fingerprint density at radius 2 is 1.81 bits per heavy atom. The summed E-state index contributed by atoms with van der Waals surface area (Å²) in [5.74, 6) is -4.83. The van der Waals surface area contributed by atoms with Crippen molar-refractivity contribution in [2.75, 3.05) is 6.54 Å². The molecule has 3 atom stereocenters. The van der Waals surface area contributed by atoms with Crippen molar-refractivity contribution in [1.29, 1.82) is 0 Å². The van der Waals surface area contributed by atoms with Crippen molar-refractivity contribution < 1.29 is 29.1 Å². The van der Waals surface area contributed by atoms with Gasteiger partial charge in [0.25, 0.3) is 0 Å². The summed E-state index contributed by atoms with van der Waals surface area (Å²) in [6, 6.07) is -0.796. The molecule has 1 heterocycles. The molecule has 0 aromatic rings. The van der Waals surface area contributed by atoms with E-state index in [1.165, 1.54) is 12.7 Å². The number of carboxylic acid groups (broad SMARTS) is 1. The SMILES string of the molecule is BC(NC(=O)C1CCCN1C(=O)C(CC(=O)O)CC(=O)CC(C)C)C(N)=O. The molecular weight excluding hydrogens is 353 g/mol. The number of aliphatic carboxylic acids is 1. The summed E-state index contributed by atoms with van der Waals surface area (Å²) < 4.78 is 0. The van der Waals surface area contributed by atoms with Crippen LogP contribution in [0.4, 0.5) is 0 Å². The quantitative estimate of drug-likeness (QED) is 0.398. The monoisotopic (exact) mass is 381 g/mol. The Kier molecular flexibility index (Phi) is 8.46. The molecule has 1 aliphatic rings. The van der Waals surface area contributed by atoms with Crippen molar-refractivity contribution in [3.05, 3.63) is 0 Å². The highest BCUT2D eigenvalue weighted by atomic mass is 16.4. The van der Waals surface area contributed by atoms with Crippen LogP contribution < -0.4 is 11.1 Å². The molecule has 1 fully saturated rings. The highest BCUT2D eigenvalue weighted by Gasteiger charge is 2.38. The van der Waals surface area contributed by atoms with Crippen LogP contribution in [-0.2, 0) is 24.0 Å². The number of nitrogens with one attached hydrogen (secondary N) is 1. The summed E-state index contributed by atoms with van der Waals surface area (Å²) in [4.78, 5) is 61.0. The lowest BCUT2D eigenvalue weighted by atomic mass is 9.93. The molecule has 0 spiro atoms. The Morgan fingerprint density at radius 1 is 1.19 bits per heavy atom. The molecule has 27 heavy (non-hydrogen) atoms. The molecular formula is C17H28BN3O6. The third-order valence-corrected chi connectivity index (χ3v) is 4.50. The number of nitrogens with two attached hydrogens (primary N) is 1. The van der Waals surface area contributed by atoms with Gasteiger partial charge in [-0.2, -0.15) is 0 Å². The van der Waals surface area contributed by atoms with E-state index >= 15 is 0 Å². The zero-order chi connectivity index (χ0) is 20.7. The van der Waals surface area contributed by atoms with Gasteiger partial charge in [0, 0.05) is 19.4 Å². The number of likely N-dealkylation sites (tertiary alicyclic amines) is 1. The lowest BCUT2D eigenvalue weighted by molar-refractivity contribution is -0.147. The molecule has 1 aliphatic heterocycles. The van der Waals surface area contributed by atoms with Gasteiger partial charge in [0.1, 0.15) is 19.7 Å². The van der Waals surface area contributed by atoms with Gasteiger partial charge in [0.05, 0.1) is 18.3 Å². The maximum Gasteiger partial charge on any atom is 0.304 e. The average molecular weight is 381 g/mol. The molecule has 1 saturated heterocycles. The Bertz CT molecular complexity index is 609. The molecule has 3 amide bonds. The molecule has 1 rings (SSSR count). The number of hydrogen-bond donors (Lipinski definition) is 3. The van der Waals surface area contributed by atoms with Crippen LogP contribution in [0, 0.1) is 11.8 Å². The summed E-state index contributed by atoms with van der Waals surface area (Å²) in [6.07, 6.45) is 0.623. The first-order valence-electron chi connectivity index (χ1n) is 9.16. The van der Waals surface area contributed by atoms with Crippen LogP contribution in [0.5, 0.6) is 0 Å². The summed E-state index contributed by atoms with van der Waals surface area (Å²) in [7, 11) is 1.44. The van der Waals surface area contributed by atoms with Gasteiger partial charge in [-0.1, -0.05) is 13.8 Å². The van der Waals surface area contributed by atoms with Crippen LogP contribution in [0.15, 0.2) is 0 Å². The molecule has 9 nitrogen and oxygen atoms in total. The maximum absolute atomic E-state index is 12.9. The molecule has 0 saturated carbocycles. The van der Waals surface area contributed by atoms with E-state index in [0.29, 0.717) is 19.4 Å². The molecule has 0 radical (unpaired) electrons. The van der Waals surface area contributed by atoms with Gasteiger partial charge in [-0.3, -0.25) is 24.0 Å². The number of carbonyl (C=O) groups is 5. The summed E-state index contributed by atoms with van der Waals surface area (Å²) in [5.41, 5.74) is 5.14. The second-order valence-corrected chi connectivity index (χ2v) is 7.46. The second-order valence-electron chi connectivity index (χ2n) is 7.46. The predicted octanol–water partition coefficient (Wildman–Crippen LogP) is -1.37. The Morgan fingerprint density at radius 3 is 2.33 bits per heavy atom. The minimum atomic E-state index is -1.17. The second kappa shape index (κ2) is 10.1. The summed E-state index contributed by atoms with van der Waals surface area (Å²) >= 11 is 0. The molecule has 10 heteroatoms. The predicted molar refractivity (Wildman–Crippen MR) is 99.2 cm³/mol. The Balaban J connectivity index is 2.88. The zero-order valence-electron chi connectivity index (χ0n) is 16.1. The molecule has 3 unspecified atom stereocenters. The van der Waals surface area contributed by atoms with Gasteiger partial charge in [-0.25, -0.2) is 0 Å². The van der Waals surface area contributed by atoms with Crippen molar-refractivity contribution in [3.8, 4) is 0 Å². The first-order valence-corrected chi connectivity index (χ1v) is 9.16. The van der Waals surface area contributed by atoms with E-state index in [-0.39, 0.29) is 24.5 Å². The van der Waals surface area contributed by atoms with Gasteiger partial charge < -0.3 is 21.1 Å². The molecule has 0 aromatic heterocycles. The number of primary amides is 1. The van der Waals surface area contributed by atoms with Gasteiger partial charge in [-0.15, -0.1) is 0 Å². The van der Waals surface area contributed by atoms with Gasteiger partial charge in [0.2, 0.25) is 17.7 Å². The first-order chi connectivity index (χ1) is 12.5. The maximum atomic E-state index is 12.9. The standard InChI is InChI=1S/C17H28BN3O6/c1-9(2)6-11(22)7-10(8-13(23)24)17(27)21-5-3-4-12(21)16(26)20-14(18)15(19)25/h9-10,12,14H,3-8,18H2,1-2H3,(H2,19,25)(H,20,26)(H,23,24). The van der Waals surface area contributed by atoms with Crippen molar-refractivity contribution in [2.45, 2.75) is 57.9 Å². The van der Waals surface area contributed by atoms with Crippen molar-refractivity contribution >= 4 is 37.3 Å². The number of amides is 3. The fourth-order valence-corrected chi connectivity index (χ4v) is 3.19. The number of nitrogens with zero attached hydrogens (tertiary/aromatic N) is 1. The number of carbonyl (C=O) groups excluding carboxylic acids is 4. The van der Waals surface area contributed by atoms with Crippen LogP contribution in [0.1, 0.15) is 46.0 Å². The van der Waals surface area contributed by atoms with E-state index in [0.717, 1.165) is 0 Å². The lowest BCUT2D eigenvalue weighted by Crippen LogP contribution is -2.53. The highest BCUT2D eigenvalue weighted by Crippen LogP contribution is 2.24. The fourth-order valence-electron chi connectivity index (χ4n) is 3.19. The summed E-state index contributed by atoms with van der Waals surface area (Å²) in [5, 5.41) is 11.6. The van der Waals surface area contributed by atoms with Crippen LogP contribution in [-0.4, -0.2) is 65.9 Å². The van der Waals surface area contributed by atoms with E-state index in [1.807, 2.05) is 13.8 Å². The molecule has 150 valence electrons. The minimum Gasteiger partial charge on any atom is -0.481 e. The zero-order valence-corrected chi connectivity index (χ0v) is 16.1. The fraction of sp³-hybridized carbons (Fsp3) is 0.706. The highest BCUT2D eigenvalue weighted by molar-refractivity contribution is 6.24. The first kappa shape index (κ1) is 22.7. The van der Waals surface area contributed by atoms with Gasteiger partial charge in [-0.05, 0) is 18.8 Å². The third kappa shape index (κ3) is 7.03. The summed E-state index contributed by atoms with van der Waals surface area (Å²) in [6.45, 7) is 4.04. The topological polar surface area (TPSA) is 147 Å². The average Bonchev–Trinajstić information content (AvgIpc) is 3.01. The third-order valence-electron chi connectivity index (χ3n) is 4.50. The largest absolute Gasteiger partial charge is 0.481 e. The number of carboxylic acids is 1. The van der Waals surface area contributed by atoms with Gasteiger partial charge >= 0.3 is 5.97 Å². The Labute approximate surface area is 159 Å².